The summed E-state index contributed by atoms with van der Waals surface area (Å²) in [4.78, 5) is 16.7. The maximum Gasteiger partial charge on any atom is 0.323 e. The first-order valence-electron chi connectivity index (χ1n) is 7.26. The van der Waals surface area contributed by atoms with Crippen LogP contribution >= 0.6 is 0 Å². The summed E-state index contributed by atoms with van der Waals surface area (Å²) >= 11 is 0. The molecule has 0 aliphatic carbocycles. The smallest absolute Gasteiger partial charge is 0.306 e. The number of piperidine rings is 1. The largest absolute Gasteiger partial charge is 0.323 e. The Hall–Kier alpha value is -1.60. The fourth-order valence-corrected chi connectivity index (χ4v) is 4.80. The molecular formula is C14H19N3O3S. The number of hydrogen-bond donors (Lipinski definition) is 2. The highest BCUT2D eigenvalue weighted by Gasteiger charge is 2.32. The second-order valence-corrected chi connectivity index (χ2v) is 7.35. The second kappa shape index (κ2) is 5.31. The van der Waals surface area contributed by atoms with Crippen LogP contribution in [-0.4, -0.2) is 35.3 Å². The lowest BCUT2D eigenvalue weighted by Gasteiger charge is -2.34. The zero-order valence-corrected chi connectivity index (χ0v) is 12.7. The molecule has 1 aliphatic heterocycles. The highest BCUT2D eigenvalue weighted by molar-refractivity contribution is 7.89. The molecule has 2 N–H and O–H groups in total. The van der Waals surface area contributed by atoms with E-state index < -0.39 is 10.0 Å². The number of hydrogen-bond acceptors (Lipinski definition) is 3. The summed E-state index contributed by atoms with van der Waals surface area (Å²) in [5.74, 6) is 0. The Morgan fingerprint density at radius 1 is 1.24 bits per heavy atom. The summed E-state index contributed by atoms with van der Waals surface area (Å²) in [5.41, 5.74) is 0.805. The number of nitrogens with one attached hydrogen (secondary N) is 2. The van der Waals surface area contributed by atoms with E-state index >= 15 is 0 Å². The van der Waals surface area contributed by atoms with Gasteiger partial charge in [0.05, 0.1) is 15.9 Å². The molecule has 1 aliphatic rings. The zero-order chi connectivity index (χ0) is 15.0. The number of sulfonamides is 1. The van der Waals surface area contributed by atoms with Gasteiger partial charge in [-0.05, 0) is 37.5 Å². The minimum absolute atomic E-state index is 0.0738. The van der Waals surface area contributed by atoms with Crippen LogP contribution in [-0.2, 0) is 10.0 Å². The van der Waals surface area contributed by atoms with Gasteiger partial charge in [0.15, 0.2) is 0 Å². The lowest BCUT2D eigenvalue weighted by Crippen LogP contribution is -2.43. The fourth-order valence-electron chi connectivity index (χ4n) is 3.01. The van der Waals surface area contributed by atoms with E-state index in [2.05, 4.69) is 9.97 Å². The van der Waals surface area contributed by atoms with E-state index in [4.69, 9.17) is 0 Å². The van der Waals surface area contributed by atoms with Gasteiger partial charge in [0.1, 0.15) is 0 Å². The molecule has 1 unspecified atom stereocenters. The van der Waals surface area contributed by atoms with Gasteiger partial charge >= 0.3 is 5.69 Å². The summed E-state index contributed by atoms with van der Waals surface area (Å²) in [7, 11) is -3.51. The van der Waals surface area contributed by atoms with E-state index in [1.165, 1.54) is 6.07 Å². The van der Waals surface area contributed by atoms with Crippen molar-refractivity contribution >= 4 is 21.1 Å². The van der Waals surface area contributed by atoms with Crippen LogP contribution in [0.15, 0.2) is 27.9 Å². The maximum absolute atomic E-state index is 12.8. The number of nitrogens with zero attached hydrogens (tertiary/aromatic N) is 1. The van der Waals surface area contributed by atoms with Crippen LogP contribution in [0.1, 0.15) is 32.6 Å². The Morgan fingerprint density at radius 3 is 2.76 bits per heavy atom. The number of aromatic nitrogens is 2. The Labute approximate surface area is 123 Å². The Kier molecular flexibility index (Phi) is 3.62. The molecule has 1 aromatic carbocycles. The standard InChI is InChI=1S/C14H19N3O3S/c1-2-10-5-3-4-8-17(10)21(19,20)11-6-7-12-13(9-11)16-14(18)15-12/h6-7,9-10H,2-5,8H2,1H3,(H2,15,16,18). The topological polar surface area (TPSA) is 86.0 Å². The summed E-state index contributed by atoms with van der Waals surface area (Å²) in [6, 6.07) is 4.79. The molecule has 1 saturated heterocycles. The average Bonchev–Trinajstić information content (AvgIpc) is 2.86. The molecule has 0 saturated carbocycles. The molecule has 2 aromatic rings. The molecule has 0 radical (unpaired) electrons. The van der Waals surface area contributed by atoms with Crippen molar-refractivity contribution in [1.29, 1.82) is 0 Å². The van der Waals surface area contributed by atoms with Crippen LogP contribution in [0.3, 0.4) is 0 Å². The molecule has 1 atom stereocenters. The van der Waals surface area contributed by atoms with E-state index in [9.17, 15) is 13.2 Å². The molecule has 0 bridgehead atoms. The molecule has 1 aromatic heterocycles. The van der Waals surface area contributed by atoms with Crippen molar-refractivity contribution in [3.8, 4) is 0 Å². The minimum atomic E-state index is -3.51. The summed E-state index contributed by atoms with van der Waals surface area (Å²) < 4.78 is 27.3. The van der Waals surface area contributed by atoms with Crippen LogP contribution in [0.4, 0.5) is 0 Å². The van der Waals surface area contributed by atoms with Gasteiger partial charge in [-0.1, -0.05) is 13.3 Å². The molecule has 0 amide bonds. The number of benzene rings is 1. The molecule has 2 heterocycles. The third-order valence-electron chi connectivity index (χ3n) is 4.14. The Balaban J connectivity index is 2.04. The quantitative estimate of drug-likeness (QED) is 0.906. The summed E-state index contributed by atoms with van der Waals surface area (Å²) in [6.45, 7) is 2.59. The van der Waals surface area contributed by atoms with Gasteiger partial charge in [-0.3, -0.25) is 0 Å². The molecule has 6 nitrogen and oxygen atoms in total. The van der Waals surface area contributed by atoms with Crippen LogP contribution in [0, 0.1) is 0 Å². The van der Waals surface area contributed by atoms with Crippen molar-refractivity contribution in [2.45, 2.75) is 43.5 Å². The van der Waals surface area contributed by atoms with Gasteiger partial charge in [-0.25, -0.2) is 13.2 Å². The van der Waals surface area contributed by atoms with Crippen LogP contribution in [0.5, 0.6) is 0 Å². The molecule has 0 spiro atoms. The first-order chi connectivity index (χ1) is 10.0. The highest BCUT2D eigenvalue weighted by Crippen LogP contribution is 2.27. The third-order valence-corrected chi connectivity index (χ3v) is 6.09. The normalized spacial score (nSPS) is 20.9. The van der Waals surface area contributed by atoms with E-state index in [1.54, 1.807) is 16.4 Å². The van der Waals surface area contributed by atoms with E-state index in [-0.39, 0.29) is 16.6 Å². The van der Waals surface area contributed by atoms with E-state index in [0.29, 0.717) is 17.6 Å². The van der Waals surface area contributed by atoms with Gasteiger partial charge in [-0.2, -0.15) is 4.31 Å². The van der Waals surface area contributed by atoms with E-state index in [0.717, 1.165) is 25.7 Å². The molecule has 21 heavy (non-hydrogen) atoms. The molecule has 3 rings (SSSR count). The van der Waals surface area contributed by atoms with Gasteiger partial charge in [0.25, 0.3) is 0 Å². The minimum Gasteiger partial charge on any atom is -0.306 e. The Morgan fingerprint density at radius 2 is 2.00 bits per heavy atom. The van der Waals surface area contributed by atoms with Gasteiger partial charge in [0, 0.05) is 12.6 Å². The third kappa shape index (κ3) is 2.51. The first-order valence-corrected chi connectivity index (χ1v) is 8.70. The predicted octanol–water partition coefficient (Wildman–Crippen LogP) is 1.81. The number of H-pyrrole nitrogens is 2. The van der Waals surface area contributed by atoms with E-state index in [1.807, 2.05) is 6.92 Å². The van der Waals surface area contributed by atoms with Gasteiger partial charge < -0.3 is 9.97 Å². The van der Waals surface area contributed by atoms with Crippen molar-refractivity contribution in [2.75, 3.05) is 6.54 Å². The van der Waals surface area contributed by atoms with Crippen LogP contribution < -0.4 is 5.69 Å². The maximum atomic E-state index is 12.8. The van der Waals surface area contributed by atoms with Crippen molar-refractivity contribution < 1.29 is 8.42 Å². The lowest BCUT2D eigenvalue weighted by atomic mass is 10.0. The molecule has 114 valence electrons. The zero-order valence-electron chi connectivity index (χ0n) is 11.9. The SMILES string of the molecule is CCC1CCCCN1S(=O)(=O)c1ccc2[nH]c(=O)[nH]c2c1. The Bertz CT molecular complexity index is 806. The average molecular weight is 309 g/mol. The number of imidazole rings is 1. The predicted molar refractivity (Wildman–Crippen MR) is 80.7 cm³/mol. The monoisotopic (exact) mass is 309 g/mol. The van der Waals surface area contributed by atoms with Gasteiger partial charge in [0.2, 0.25) is 10.0 Å². The van der Waals surface area contributed by atoms with Crippen molar-refractivity contribution in [3.05, 3.63) is 28.7 Å². The van der Waals surface area contributed by atoms with Gasteiger partial charge in [-0.15, -0.1) is 0 Å². The van der Waals surface area contributed by atoms with Crippen LogP contribution in [0.2, 0.25) is 0 Å². The first kappa shape index (κ1) is 14.3. The van der Waals surface area contributed by atoms with Crippen molar-refractivity contribution in [1.82, 2.24) is 14.3 Å². The fraction of sp³-hybridized carbons (Fsp3) is 0.500. The lowest BCUT2D eigenvalue weighted by molar-refractivity contribution is 0.246. The number of aromatic amines is 2. The number of rotatable bonds is 3. The summed E-state index contributed by atoms with van der Waals surface area (Å²) in [6.07, 6.45) is 3.72. The summed E-state index contributed by atoms with van der Waals surface area (Å²) in [5, 5.41) is 0. The molecule has 1 fully saturated rings. The molecule has 7 heteroatoms. The second-order valence-electron chi connectivity index (χ2n) is 5.46. The molecular weight excluding hydrogens is 290 g/mol. The van der Waals surface area contributed by atoms with Crippen LogP contribution in [0.25, 0.3) is 11.0 Å². The highest BCUT2D eigenvalue weighted by atomic mass is 32.2. The van der Waals surface area contributed by atoms with Crippen molar-refractivity contribution in [2.24, 2.45) is 0 Å². The van der Waals surface area contributed by atoms with Crippen molar-refractivity contribution in [3.63, 3.8) is 0 Å². The number of fused-ring (bicyclic) bond motifs is 1.